The van der Waals surface area contributed by atoms with Crippen LogP contribution in [0.1, 0.15) is 51.0 Å². The van der Waals surface area contributed by atoms with Gasteiger partial charge in [-0.05, 0) is 61.4 Å². The first-order chi connectivity index (χ1) is 18.8. The second-order valence-electron chi connectivity index (χ2n) is 10.3. The zero-order chi connectivity index (χ0) is 27.6. The molecule has 0 saturated heterocycles. The highest BCUT2D eigenvalue weighted by Crippen LogP contribution is 2.42. The minimum absolute atomic E-state index is 0.121. The van der Waals surface area contributed by atoms with Crippen molar-refractivity contribution >= 4 is 38.3 Å². The van der Waals surface area contributed by atoms with Gasteiger partial charge < -0.3 is 15.0 Å². The first-order valence-electron chi connectivity index (χ1n) is 13.6. The van der Waals surface area contributed by atoms with Crippen molar-refractivity contribution in [3.05, 3.63) is 66.2 Å². The predicted octanol–water partition coefficient (Wildman–Crippen LogP) is 4.61. The molecule has 5 rings (SSSR count). The molecule has 1 unspecified atom stereocenters. The van der Waals surface area contributed by atoms with E-state index in [0.717, 1.165) is 42.0 Å². The number of benzene rings is 3. The molecule has 3 aromatic rings. The van der Waals surface area contributed by atoms with Gasteiger partial charge in [0.15, 0.2) is 0 Å². The highest BCUT2D eigenvalue weighted by Gasteiger charge is 2.35. The molecule has 3 aromatic carbocycles. The molecule has 2 aliphatic rings. The molecule has 39 heavy (non-hydrogen) atoms. The Morgan fingerprint density at radius 1 is 1.05 bits per heavy atom. The van der Waals surface area contributed by atoms with Gasteiger partial charge in [0.1, 0.15) is 11.8 Å². The maximum absolute atomic E-state index is 13.6. The number of anilines is 1. The smallest absolute Gasteiger partial charge is 0.265 e. The van der Waals surface area contributed by atoms with E-state index in [4.69, 9.17) is 4.74 Å². The maximum Gasteiger partial charge on any atom is 0.265 e. The van der Waals surface area contributed by atoms with Crippen LogP contribution in [-0.4, -0.2) is 50.9 Å². The molecular formula is C30H35N3O5S. The SMILES string of the molecule is COc1ccc(CN(C(=O)CCCN2c3cccc4cccc(c34)S2(=O)=O)C(C)C(=O)NC2CCCC2)cc1. The minimum atomic E-state index is -3.68. The van der Waals surface area contributed by atoms with Gasteiger partial charge in [0.25, 0.3) is 10.0 Å². The molecule has 206 valence electrons. The number of carbonyl (C=O) groups is 2. The Morgan fingerprint density at radius 2 is 1.74 bits per heavy atom. The van der Waals surface area contributed by atoms with Crippen molar-refractivity contribution in [2.45, 2.75) is 69.0 Å². The summed E-state index contributed by atoms with van der Waals surface area (Å²) in [5.74, 6) is 0.367. The van der Waals surface area contributed by atoms with E-state index in [1.54, 1.807) is 31.1 Å². The van der Waals surface area contributed by atoms with Gasteiger partial charge in [-0.1, -0.05) is 49.2 Å². The molecule has 0 spiro atoms. The predicted molar refractivity (Wildman–Crippen MR) is 151 cm³/mol. The highest BCUT2D eigenvalue weighted by atomic mass is 32.2. The molecular weight excluding hydrogens is 514 g/mol. The van der Waals surface area contributed by atoms with Gasteiger partial charge in [-0.3, -0.25) is 13.9 Å². The Balaban J connectivity index is 1.30. The average Bonchev–Trinajstić information content (AvgIpc) is 3.53. The summed E-state index contributed by atoms with van der Waals surface area (Å²) in [7, 11) is -2.09. The van der Waals surface area contributed by atoms with Crippen LogP contribution in [0.3, 0.4) is 0 Å². The molecule has 0 bridgehead atoms. The van der Waals surface area contributed by atoms with Crippen molar-refractivity contribution in [2.24, 2.45) is 0 Å². The fourth-order valence-electron chi connectivity index (χ4n) is 5.62. The van der Waals surface area contributed by atoms with Gasteiger partial charge in [-0.2, -0.15) is 0 Å². The van der Waals surface area contributed by atoms with Crippen molar-refractivity contribution in [3.63, 3.8) is 0 Å². The average molecular weight is 550 g/mol. The third-order valence-electron chi connectivity index (χ3n) is 7.81. The van der Waals surface area contributed by atoms with E-state index in [-0.39, 0.29) is 37.4 Å². The molecule has 9 heteroatoms. The quantitative estimate of drug-likeness (QED) is 0.398. The van der Waals surface area contributed by atoms with Gasteiger partial charge >= 0.3 is 0 Å². The summed E-state index contributed by atoms with van der Waals surface area (Å²) in [6.45, 7) is 2.21. The van der Waals surface area contributed by atoms with E-state index in [2.05, 4.69) is 5.32 Å². The molecule has 1 saturated carbocycles. The fraction of sp³-hybridized carbons (Fsp3) is 0.400. The lowest BCUT2D eigenvalue weighted by Crippen LogP contribution is -2.49. The lowest BCUT2D eigenvalue weighted by molar-refractivity contribution is -0.141. The van der Waals surface area contributed by atoms with Crippen molar-refractivity contribution < 1.29 is 22.7 Å². The number of ether oxygens (including phenoxy) is 1. The van der Waals surface area contributed by atoms with Crippen LogP contribution in [-0.2, 0) is 26.2 Å². The second-order valence-corrected chi connectivity index (χ2v) is 12.2. The Bertz CT molecular complexity index is 1460. The normalized spacial score (nSPS) is 16.8. The lowest BCUT2D eigenvalue weighted by Gasteiger charge is -2.30. The summed E-state index contributed by atoms with van der Waals surface area (Å²) in [6, 6.07) is 17.8. The molecule has 1 fully saturated rings. The van der Waals surface area contributed by atoms with Crippen LogP contribution in [0.15, 0.2) is 65.6 Å². The maximum atomic E-state index is 13.6. The first kappa shape index (κ1) is 27.0. The van der Waals surface area contributed by atoms with Crippen LogP contribution < -0.4 is 14.4 Å². The van der Waals surface area contributed by atoms with Gasteiger partial charge in [0.05, 0.1) is 17.7 Å². The number of sulfonamides is 1. The molecule has 1 aliphatic carbocycles. The monoisotopic (exact) mass is 549 g/mol. The Labute approximate surface area is 230 Å². The van der Waals surface area contributed by atoms with E-state index in [1.807, 2.05) is 48.5 Å². The summed E-state index contributed by atoms with van der Waals surface area (Å²) in [5.41, 5.74) is 1.53. The van der Waals surface area contributed by atoms with Crippen molar-refractivity contribution in [3.8, 4) is 5.75 Å². The molecule has 0 aromatic heterocycles. The number of carbonyl (C=O) groups excluding carboxylic acids is 2. The zero-order valence-electron chi connectivity index (χ0n) is 22.4. The summed E-state index contributed by atoms with van der Waals surface area (Å²) in [5, 5.41) is 4.71. The van der Waals surface area contributed by atoms with E-state index >= 15 is 0 Å². The third-order valence-corrected chi connectivity index (χ3v) is 9.67. The van der Waals surface area contributed by atoms with Crippen molar-refractivity contribution in [2.75, 3.05) is 18.0 Å². The molecule has 1 atom stereocenters. The van der Waals surface area contributed by atoms with Crippen LogP contribution in [0.2, 0.25) is 0 Å². The third kappa shape index (κ3) is 5.45. The van der Waals surface area contributed by atoms with Crippen LogP contribution in [0.4, 0.5) is 5.69 Å². The van der Waals surface area contributed by atoms with Crippen molar-refractivity contribution in [1.29, 1.82) is 0 Å². The number of amides is 2. The molecule has 2 amide bonds. The van der Waals surface area contributed by atoms with Gasteiger partial charge in [-0.25, -0.2) is 8.42 Å². The Morgan fingerprint density at radius 3 is 2.44 bits per heavy atom. The van der Waals surface area contributed by atoms with Crippen LogP contribution >= 0.6 is 0 Å². The van der Waals surface area contributed by atoms with E-state index in [0.29, 0.717) is 22.8 Å². The zero-order valence-corrected chi connectivity index (χ0v) is 23.2. The molecule has 1 heterocycles. The molecule has 0 radical (unpaired) electrons. The van der Waals surface area contributed by atoms with E-state index in [9.17, 15) is 18.0 Å². The van der Waals surface area contributed by atoms with E-state index in [1.165, 1.54) is 4.31 Å². The molecule has 1 N–H and O–H groups in total. The largest absolute Gasteiger partial charge is 0.497 e. The first-order valence-corrected chi connectivity index (χ1v) is 15.0. The minimum Gasteiger partial charge on any atom is -0.497 e. The van der Waals surface area contributed by atoms with Crippen LogP contribution in [0, 0.1) is 0 Å². The number of nitrogens with one attached hydrogen (secondary N) is 1. The summed E-state index contributed by atoms with van der Waals surface area (Å²) in [6.07, 6.45) is 4.58. The van der Waals surface area contributed by atoms with Crippen LogP contribution in [0.5, 0.6) is 5.75 Å². The number of nitrogens with zero attached hydrogens (tertiary/aromatic N) is 2. The molecule has 1 aliphatic heterocycles. The van der Waals surface area contributed by atoms with E-state index < -0.39 is 16.1 Å². The lowest BCUT2D eigenvalue weighted by atomic mass is 10.1. The molecule has 8 nitrogen and oxygen atoms in total. The highest BCUT2D eigenvalue weighted by molar-refractivity contribution is 7.93. The number of hydrogen-bond acceptors (Lipinski definition) is 5. The number of rotatable bonds is 10. The standard InChI is InChI=1S/C30H35N3O5S/c1-21(30(35)31-24-10-3-4-11-24)32(20-22-15-17-25(38-2)18-16-22)28(34)14-7-19-33-26-12-5-8-23-9-6-13-27(29(23)26)39(33,36)37/h5-6,8-9,12-13,15-18,21,24H,3-4,7,10-11,14,19-20H2,1-2H3,(H,31,35). The van der Waals surface area contributed by atoms with Gasteiger partial charge in [-0.15, -0.1) is 0 Å². The van der Waals surface area contributed by atoms with Gasteiger partial charge in [0, 0.05) is 30.9 Å². The summed E-state index contributed by atoms with van der Waals surface area (Å²) < 4.78 is 33.2. The number of hydrogen-bond donors (Lipinski definition) is 1. The summed E-state index contributed by atoms with van der Waals surface area (Å²) in [4.78, 5) is 28.6. The van der Waals surface area contributed by atoms with Crippen molar-refractivity contribution in [1.82, 2.24) is 10.2 Å². The Kier molecular flexibility index (Phi) is 7.79. The Hall–Kier alpha value is -3.59. The summed E-state index contributed by atoms with van der Waals surface area (Å²) >= 11 is 0. The van der Waals surface area contributed by atoms with Crippen LogP contribution in [0.25, 0.3) is 10.8 Å². The topological polar surface area (TPSA) is 96.0 Å². The fourth-order valence-corrected chi connectivity index (χ4v) is 7.37. The number of methoxy groups -OCH3 is 1. The second kappa shape index (κ2) is 11.3. The van der Waals surface area contributed by atoms with Gasteiger partial charge in [0.2, 0.25) is 11.8 Å².